The van der Waals surface area contributed by atoms with Gasteiger partial charge in [0.2, 0.25) is 5.91 Å². The minimum atomic E-state index is -0.334. The molecule has 32 heavy (non-hydrogen) atoms. The predicted octanol–water partition coefficient (Wildman–Crippen LogP) is 1.72. The average Bonchev–Trinajstić information content (AvgIpc) is 2.71. The van der Waals surface area contributed by atoms with E-state index in [1.165, 1.54) is 10.6 Å². The summed E-state index contributed by atoms with van der Waals surface area (Å²) in [5.41, 5.74) is 0.798. The van der Waals surface area contributed by atoms with Crippen molar-refractivity contribution in [3.8, 4) is 0 Å². The van der Waals surface area contributed by atoms with Gasteiger partial charge in [0.05, 0.1) is 36.8 Å². The number of aryl methyl sites for hydroxylation is 1. The molecule has 0 bridgehead atoms. The quantitative estimate of drug-likeness (QED) is 0.574. The fraction of sp³-hybridized carbons (Fsp3) is 0.429. The standard InChI is InChI=1S/C21H26BrN7O3/c1-4-18(30)25-16-7-14(24-19-21(31)27(3)10-17(22)26-19)8-23-20(16)29-6-5-28(9-13(29)2)15-11-32-12-15/h4,7-8,10,13,15H,1,5-6,9,11-12H2,2-3H3,(H,24,26)(H,25,30). The second-order valence-electron chi connectivity index (χ2n) is 7.97. The Balaban J connectivity index is 1.61. The Labute approximate surface area is 194 Å². The minimum absolute atomic E-state index is 0.155. The highest BCUT2D eigenvalue weighted by atomic mass is 79.9. The molecule has 2 saturated heterocycles. The van der Waals surface area contributed by atoms with Crippen LogP contribution in [0, 0.1) is 0 Å². The Hall–Kier alpha value is -2.76. The molecule has 2 aliphatic rings. The molecule has 2 aliphatic heterocycles. The van der Waals surface area contributed by atoms with Gasteiger partial charge >= 0.3 is 0 Å². The number of carbonyl (C=O) groups excluding carboxylic acids is 1. The van der Waals surface area contributed by atoms with Gasteiger partial charge in [0.1, 0.15) is 4.60 Å². The number of halogens is 1. The van der Waals surface area contributed by atoms with E-state index in [0.717, 1.165) is 32.8 Å². The molecule has 0 aliphatic carbocycles. The van der Waals surface area contributed by atoms with Crippen LogP contribution >= 0.6 is 15.9 Å². The molecule has 1 amide bonds. The van der Waals surface area contributed by atoms with Crippen molar-refractivity contribution in [2.75, 3.05) is 48.4 Å². The van der Waals surface area contributed by atoms with Crippen LogP contribution in [0.5, 0.6) is 0 Å². The van der Waals surface area contributed by atoms with E-state index in [0.29, 0.717) is 27.8 Å². The topological polar surface area (TPSA) is 105 Å². The summed E-state index contributed by atoms with van der Waals surface area (Å²) in [4.78, 5) is 38.0. The molecule has 2 fully saturated rings. The lowest BCUT2D eigenvalue weighted by molar-refractivity contribution is -0.111. The third-order valence-corrected chi connectivity index (χ3v) is 6.06. The maximum Gasteiger partial charge on any atom is 0.293 e. The first kappa shape index (κ1) is 22.4. The predicted molar refractivity (Wildman–Crippen MR) is 127 cm³/mol. The summed E-state index contributed by atoms with van der Waals surface area (Å²) in [5.74, 6) is 0.500. The molecule has 2 aromatic heterocycles. The van der Waals surface area contributed by atoms with Crippen molar-refractivity contribution in [3.63, 3.8) is 0 Å². The van der Waals surface area contributed by atoms with Crippen LogP contribution < -0.4 is 21.1 Å². The van der Waals surface area contributed by atoms with Crippen molar-refractivity contribution < 1.29 is 9.53 Å². The fourth-order valence-corrected chi connectivity index (χ4v) is 4.37. The highest BCUT2D eigenvalue weighted by Crippen LogP contribution is 2.31. The molecule has 0 aromatic carbocycles. The molecule has 11 heteroatoms. The zero-order valence-corrected chi connectivity index (χ0v) is 19.6. The number of nitrogens with zero attached hydrogens (tertiary/aromatic N) is 5. The highest BCUT2D eigenvalue weighted by Gasteiger charge is 2.33. The summed E-state index contributed by atoms with van der Waals surface area (Å²) in [5, 5.41) is 5.86. The van der Waals surface area contributed by atoms with E-state index in [2.05, 4.69) is 59.8 Å². The third-order valence-electron chi connectivity index (χ3n) is 5.68. The molecule has 1 unspecified atom stereocenters. The molecule has 170 valence electrons. The maximum absolute atomic E-state index is 12.4. The molecule has 0 radical (unpaired) electrons. The Morgan fingerprint density at radius 3 is 2.81 bits per heavy atom. The zero-order valence-electron chi connectivity index (χ0n) is 18.0. The summed E-state index contributed by atoms with van der Waals surface area (Å²) < 4.78 is 7.28. The minimum Gasteiger partial charge on any atom is -0.378 e. The van der Waals surface area contributed by atoms with Gasteiger partial charge in [-0.3, -0.25) is 14.5 Å². The van der Waals surface area contributed by atoms with E-state index >= 15 is 0 Å². The number of pyridine rings is 1. The van der Waals surface area contributed by atoms with Crippen molar-refractivity contribution in [1.29, 1.82) is 0 Å². The van der Waals surface area contributed by atoms with Gasteiger partial charge in [-0.05, 0) is 35.0 Å². The zero-order chi connectivity index (χ0) is 22.8. The van der Waals surface area contributed by atoms with Gasteiger partial charge < -0.3 is 24.8 Å². The first-order chi connectivity index (χ1) is 15.4. The van der Waals surface area contributed by atoms with Crippen LogP contribution in [0.2, 0.25) is 0 Å². The van der Waals surface area contributed by atoms with Crippen LogP contribution in [-0.4, -0.2) is 70.3 Å². The van der Waals surface area contributed by atoms with Gasteiger partial charge in [0.15, 0.2) is 11.6 Å². The van der Waals surface area contributed by atoms with E-state index < -0.39 is 0 Å². The summed E-state index contributed by atoms with van der Waals surface area (Å²) >= 11 is 3.30. The lowest BCUT2D eigenvalue weighted by Crippen LogP contribution is -2.59. The maximum atomic E-state index is 12.4. The van der Waals surface area contributed by atoms with E-state index in [1.54, 1.807) is 25.5 Å². The largest absolute Gasteiger partial charge is 0.378 e. The molecule has 4 heterocycles. The van der Waals surface area contributed by atoms with E-state index in [1.807, 2.05) is 0 Å². The Bertz CT molecular complexity index is 1090. The van der Waals surface area contributed by atoms with Crippen LogP contribution in [0.15, 0.2) is 40.5 Å². The number of nitrogens with one attached hydrogen (secondary N) is 2. The number of hydrogen-bond acceptors (Lipinski definition) is 8. The van der Waals surface area contributed by atoms with Gasteiger partial charge in [0.25, 0.3) is 5.56 Å². The monoisotopic (exact) mass is 503 g/mol. The smallest absolute Gasteiger partial charge is 0.293 e. The Morgan fingerprint density at radius 2 is 2.16 bits per heavy atom. The van der Waals surface area contributed by atoms with Crippen molar-refractivity contribution >= 4 is 44.8 Å². The van der Waals surface area contributed by atoms with E-state index in [9.17, 15) is 9.59 Å². The lowest BCUT2D eigenvalue weighted by atomic mass is 10.1. The Morgan fingerprint density at radius 1 is 1.38 bits per heavy atom. The molecule has 10 nitrogen and oxygen atoms in total. The molecular formula is C21H26BrN7O3. The van der Waals surface area contributed by atoms with Crippen LogP contribution in [0.1, 0.15) is 6.92 Å². The number of ether oxygens (including phenoxy) is 1. The molecule has 2 N–H and O–H groups in total. The van der Waals surface area contributed by atoms with Gasteiger partial charge in [-0.15, -0.1) is 0 Å². The normalized spacial score (nSPS) is 19.3. The van der Waals surface area contributed by atoms with Gasteiger partial charge in [-0.1, -0.05) is 6.58 Å². The highest BCUT2D eigenvalue weighted by molar-refractivity contribution is 9.10. The van der Waals surface area contributed by atoms with Gasteiger partial charge in [-0.25, -0.2) is 9.97 Å². The second kappa shape index (κ2) is 9.39. The second-order valence-corrected chi connectivity index (χ2v) is 8.78. The van der Waals surface area contributed by atoms with Crippen LogP contribution in [0.25, 0.3) is 0 Å². The lowest BCUT2D eigenvalue weighted by Gasteiger charge is -2.46. The number of rotatable bonds is 6. The van der Waals surface area contributed by atoms with Crippen molar-refractivity contribution in [3.05, 3.63) is 46.1 Å². The fourth-order valence-electron chi connectivity index (χ4n) is 3.88. The van der Waals surface area contributed by atoms with Crippen LogP contribution in [0.3, 0.4) is 0 Å². The van der Waals surface area contributed by atoms with E-state index in [-0.39, 0.29) is 23.3 Å². The number of amides is 1. The third kappa shape index (κ3) is 4.69. The van der Waals surface area contributed by atoms with Crippen molar-refractivity contribution in [2.45, 2.75) is 19.0 Å². The molecule has 1 atom stereocenters. The van der Waals surface area contributed by atoms with E-state index in [4.69, 9.17) is 4.74 Å². The first-order valence-corrected chi connectivity index (χ1v) is 11.2. The van der Waals surface area contributed by atoms with Crippen molar-refractivity contribution in [1.82, 2.24) is 19.4 Å². The number of piperazine rings is 1. The molecule has 2 aromatic rings. The summed E-state index contributed by atoms with van der Waals surface area (Å²) in [7, 11) is 1.65. The summed E-state index contributed by atoms with van der Waals surface area (Å²) in [6.45, 7) is 9.83. The molecule has 4 rings (SSSR count). The summed E-state index contributed by atoms with van der Waals surface area (Å²) in [6.07, 6.45) is 4.44. The number of aromatic nitrogens is 3. The van der Waals surface area contributed by atoms with Gasteiger partial charge in [0, 0.05) is 38.9 Å². The SMILES string of the molecule is C=CC(=O)Nc1cc(Nc2nc(Br)cn(C)c2=O)cnc1N1CCN(C2COC2)CC1C. The van der Waals surface area contributed by atoms with Crippen LogP contribution in [-0.2, 0) is 16.6 Å². The van der Waals surface area contributed by atoms with Gasteiger partial charge in [-0.2, -0.15) is 0 Å². The van der Waals surface area contributed by atoms with Crippen LogP contribution in [0.4, 0.5) is 23.0 Å². The molecule has 0 spiro atoms. The number of carbonyl (C=O) groups is 1. The average molecular weight is 504 g/mol. The molecule has 0 saturated carbocycles. The van der Waals surface area contributed by atoms with Crippen molar-refractivity contribution in [2.24, 2.45) is 7.05 Å². The summed E-state index contributed by atoms with van der Waals surface area (Å²) in [6, 6.07) is 2.44. The first-order valence-electron chi connectivity index (χ1n) is 10.4. The number of anilines is 4. The molecular weight excluding hydrogens is 478 g/mol. The Kier molecular flexibility index (Phi) is 6.58. The number of hydrogen-bond donors (Lipinski definition) is 2.